The maximum Gasteiger partial charge on any atom is 0.216 e. The highest BCUT2D eigenvalue weighted by atomic mass is 35.6. The normalized spacial score (nSPS) is 13.7. The van der Waals surface area contributed by atoms with E-state index < -0.39 is 3.79 Å². The van der Waals surface area contributed by atoms with Crippen molar-refractivity contribution in [2.45, 2.75) is 29.1 Å². The Labute approximate surface area is 117 Å². The first-order chi connectivity index (χ1) is 7.95. The van der Waals surface area contributed by atoms with Gasteiger partial charge in [-0.1, -0.05) is 59.1 Å². The van der Waals surface area contributed by atoms with Crippen LogP contribution in [0.1, 0.15) is 36.4 Å². The van der Waals surface area contributed by atoms with E-state index in [9.17, 15) is 0 Å². The second kappa shape index (κ2) is 6.81. The van der Waals surface area contributed by atoms with Crippen molar-refractivity contribution in [2.75, 3.05) is 6.61 Å². The monoisotopic (exact) mass is 295 g/mol. The molecule has 5 heteroatoms. The van der Waals surface area contributed by atoms with Crippen LogP contribution >= 0.6 is 34.8 Å². The highest BCUT2D eigenvalue weighted by Crippen LogP contribution is 2.38. The number of nitrogens with two attached hydrogens (primary N) is 1. The van der Waals surface area contributed by atoms with E-state index in [4.69, 9.17) is 45.6 Å². The first-order valence-electron chi connectivity index (χ1n) is 5.48. The zero-order valence-corrected chi connectivity index (χ0v) is 11.6. The molecule has 0 bridgehead atoms. The summed E-state index contributed by atoms with van der Waals surface area (Å²) in [6.07, 6.45) is 2.53. The summed E-state index contributed by atoms with van der Waals surface area (Å²) in [5, 5.41) is 8.69. The van der Waals surface area contributed by atoms with E-state index >= 15 is 0 Å². The molecule has 1 unspecified atom stereocenters. The lowest BCUT2D eigenvalue weighted by atomic mass is 10.0. The lowest BCUT2D eigenvalue weighted by molar-refractivity contribution is 0.281. The van der Waals surface area contributed by atoms with E-state index in [-0.39, 0.29) is 12.6 Å². The van der Waals surface area contributed by atoms with E-state index in [0.717, 1.165) is 24.8 Å². The molecule has 2 nitrogen and oxygen atoms in total. The topological polar surface area (TPSA) is 46.2 Å². The molecule has 3 N–H and O–H groups in total. The molecule has 0 heterocycles. The molecule has 0 saturated carbocycles. The molecule has 0 aromatic heterocycles. The number of halogens is 3. The fourth-order valence-electron chi connectivity index (χ4n) is 1.56. The molecule has 1 aromatic rings. The number of alkyl halides is 3. The minimum atomic E-state index is -1.39. The van der Waals surface area contributed by atoms with Gasteiger partial charge in [0.15, 0.2) is 0 Å². The van der Waals surface area contributed by atoms with Crippen LogP contribution in [-0.2, 0) is 3.79 Å². The Kier molecular flexibility index (Phi) is 6.04. The predicted molar refractivity (Wildman–Crippen MR) is 73.5 cm³/mol. The molecule has 96 valence electrons. The third kappa shape index (κ3) is 5.02. The molecular formula is C12H16Cl3NO. The van der Waals surface area contributed by atoms with Crippen LogP contribution in [0.2, 0.25) is 0 Å². The highest BCUT2D eigenvalue weighted by molar-refractivity contribution is 6.66. The maximum absolute atomic E-state index is 8.69. The van der Waals surface area contributed by atoms with E-state index in [1.807, 2.05) is 12.1 Å². The van der Waals surface area contributed by atoms with E-state index in [2.05, 4.69) is 0 Å². The van der Waals surface area contributed by atoms with Gasteiger partial charge in [0.2, 0.25) is 3.79 Å². The molecule has 0 amide bonds. The van der Waals surface area contributed by atoms with Gasteiger partial charge in [-0.3, -0.25) is 0 Å². The fraction of sp³-hybridized carbons (Fsp3) is 0.500. The number of benzene rings is 1. The Balaban J connectivity index is 2.61. The molecule has 0 aliphatic heterocycles. The Morgan fingerprint density at radius 3 is 2.18 bits per heavy atom. The van der Waals surface area contributed by atoms with Crippen LogP contribution in [-0.4, -0.2) is 11.7 Å². The maximum atomic E-state index is 8.69. The molecule has 0 fully saturated rings. The van der Waals surface area contributed by atoms with Crippen molar-refractivity contribution in [3.8, 4) is 0 Å². The summed E-state index contributed by atoms with van der Waals surface area (Å²) < 4.78 is -1.39. The van der Waals surface area contributed by atoms with E-state index in [0.29, 0.717) is 5.56 Å². The molecule has 0 saturated heterocycles. The summed E-state index contributed by atoms with van der Waals surface area (Å²) in [7, 11) is 0. The lowest BCUT2D eigenvalue weighted by Crippen LogP contribution is -2.11. The molecule has 0 aliphatic carbocycles. The average molecular weight is 297 g/mol. The second-order valence-electron chi connectivity index (χ2n) is 3.95. The van der Waals surface area contributed by atoms with Gasteiger partial charge in [-0.25, -0.2) is 0 Å². The number of hydrogen-bond acceptors (Lipinski definition) is 2. The third-order valence-corrected chi connectivity index (χ3v) is 3.24. The Morgan fingerprint density at radius 1 is 1.12 bits per heavy atom. The minimum absolute atomic E-state index is 0.0361. The van der Waals surface area contributed by atoms with Gasteiger partial charge in [0.1, 0.15) is 0 Å². The molecule has 0 spiro atoms. The Morgan fingerprint density at radius 2 is 1.71 bits per heavy atom. The van der Waals surface area contributed by atoms with Crippen molar-refractivity contribution in [3.63, 3.8) is 0 Å². The third-order valence-electron chi connectivity index (χ3n) is 2.59. The molecular weight excluding hydrogens is 280 g/mol. The zero-order valence-electron chi connectivity index (χ0n) is 9.37. The fourth-order valence-corrected chi connectivity index (χ4v) is 1.94. The van der Waals surface area contributed by atoms with Crippen LogP contribution in [0, 0.1) is 0 Å². The van der Waals surface area contributed by atoms with Crippen molar-refractivity contribution in [1.29, 1.82) is 0 Å². The van der Waals surface area contributed by atoms with Gasteiger partial charge in [0.05, 0.1) is 0 Å². The van der Waals surface area contributed by atoms with Gasteiger partial charge in [0.25, 0.3) is 0 Å². The standard InChI is InChI=1S/C12H16Cl3NO/c13-12(14,15)10-6-4-9(5-7-10)11(16)3-1-2-8-17/h4-7,11,17H,1-3,8,16H2. The van der Waals surface area contributed by atoms with Gasteiger partial charge < -0.3 is 10.8 Å². The molecule has 1 atom stereocenters. The Hall–Kier alpha value is 0.01000. The summed E-state index contributed by atoms with van der Waals surface area (Å²) in [5.41, 5.74) is 7.66. The quantitative estimate of drug-likeness (QED) is 0.643. The number of aliphatic hydroxyl groups excluding tert-OH is 1. The van der Waals surface area contributed by atoms with Crippen LogP contribution in [0.5, 0.6) is 0 Å². The highest BCUT2D eigenvalue weighted by Gasteiger charge is 2.22. The smallest absolute Gasteiger partial charge is 0.216 e. The van der Waals surface area contributed by atoms with Crippen molar-refractivity contribution < 1.29 is 5.11 Å². The van der Waals surface area contributed by atoms with E-state index in [1.165, 1.54) is 0 Å². The predicted octanol–water partition coefficient (Wildman–Crippen LogP) is 3.68. The van der Waals surface area contributed by atoms with Gasteiger partial charge in [0, 0.05) is 18.2 Å². The van der Waals surface area contributed by atoms with Crippen LogP contribution in [0.4, 0.5) is 0 Å². The largest absolute Gasteiger partial charge is 0.396 e. The van der Waals surface area contributed by atoms with Crippen molar-refractivity contribution in [3.05, 3.63) is 35.4 Å². The summed E-state index contributed by atoms with van der Waals surface area (Å²) in [5.74, 6) is 0. The van der Waals surface area contributed by atoms with Crippen LogP contribution in [0.25, 0.3) is 0 Å². The summed E-state index contributed by atoms with van der Waals surface area (Å²) >= 11 is 17.3. The number of unbranched alkanes of at least 4 members (excludes halogenated alkanes) is 1. The van der Waals surface area contributed by atoms with Gasteiger partial charge in [-0.2, -0.15) is 0 Å². The molecule has 0 aliphatic rings. The zero-order chi connectivity index (χ0) is 12.9. The second-order valence-corrected chi connectivity index (χ2v) is 6.23. The first-order valence-corrected chi connectivity index (χ1v) is 6.62. The average Bonchev–Trinajstić information content (AvgIpc) is 2.28. The summed E-state index contributed by atoms with van der Waals surface area (Å²) in [6, 6.07) is 7.26. The van der Waals surface area contributed by atoms with Crippen molar-refractivity contribution in [2.24, 2.45) is 5.73 Å². The molecule has 1 aromatic carbocycles. The number of hydrogen-bond donors (Lipinski definition) is 2. The molecule has 17 heavy (non-hydrogen) atoms. The summed E-state index contributed by atoms with van der Waals surface area (Å²) in [6.45, 7) is 0.207. The van der Waals surface area contributed by atoms with Crippen LogP contribution in [0.3, 0.4) is 0 Å². The van der Waals surface area contributed by atoms with Gasteiger partial charge in [-0.05, 0) is 24.8 Å². The SMILES string of the molecule is NC(CCCCO)c1ccc(C(Cl)(Cl)Cl)cc1. The number of aliphatic hydroxyl groups is 1. The minimum Gasteiger partial charge on any atom is -0.396 e. The first kappa shape index (κ1) is 15.1. The summed E-state index contributed by atoms with van der Waals surface area (Å²) in [4.78, 5) is 0. The van der Waals surface area contributed by atoms with E-state index in [1.54, 1.807) is 12.1 Å². The molecule has 0 radical (unpaired) electrons. The lowest BCUT2D eigenvalue weighted by Gasteiger charge is -2.15. The van der Waals surface area contributed by atoms with Gasteiger partial charge >= 0.3 is 0 Å². The van der Waals surface area contributed by atoms with Crippen LogP contribution in [0.15, 0.2) is 24.3 Å². The van der Waals surface area contributed by atoms with Crippen LogP contribution < -0.4 is 5.73 Å². The van der Waals surface area contributed by atoms with Crippen molar-refractivity contribution >= 4 is 34.8 Å². The number of rotatable bonds is 5. The molecule has 1 rings (SSSR count). The van der Waals surface area contributed by atoms with Crippen molar-refractivity contribution in [1.82, 2.24) is 0 Å². The Bertz CT molecular complexity index is 335. The van der Waals surface area contributed by atoms with Gasteiger partial charge in [-0.15, -0.1) is 0 Å².